The predicted molar refractivity (Wildman–Crippen MR) is 107 cm³/mol. The van der Waals surface area contributed by atoms with Gasteiger partial charge in [-0.15, -0.1) is 0 Å². The quantitative estimate of drug-likeness (QED) is 0.664. The molecule has 0 radical (unpaired) electrons. The highest BCUT2D eigenvalue weighted by Gasteiger charge is 2.57. The molecule has 0 fully saturated rings. The third-order valence-corrected chi connectivity index (χ3v) is 6.63. The molecule has 0 saturated heterocycles. The van der Waals surface area contributed by atoms with Crippen molar-refractivity contribution in [1.82, 2.24) is 0 Å². The van der Waals surface area contributed by atoms with Crippen LogP contribution in [0, 0.1) is 56.2 Å². The summed E-state index contributed by atoms with van der Waals surface area (Å²) in [7, 11) is 0. The van der Waals surface area contributed by atoms with Crippen LogP contribution in [0.25, 0.3) is 5.76 Å². The minimum atomic E-state index is -1.75. The molecule has 2 aromatic rings. The van der Waals surface area contributed by atoms with E-state index < -0.39 is 10.8 Å². The molecule has 0 spiro atoms. The molecule has 6 heteroatoms. The summed E-state index contributed by atoms with van der Waals surface area (Å²) < 4.78 is 6.05. The Morgan fingerprint density at radius 1 is 0.774 bits per heavy atom. The fourth-order valence-electron chi connectivity index (χ4n) is 4.86. The third-order valence-electron chi connectivity index (χ3n) is 6.63. The summed E-state index contributed by atoms with van der Waals surface area (Å²) in [6, 6.07) is 19.0. The Bertz CT molecular complexity index is 1360. The molecule has 1 heterocycles. The Kier molecular flexibility index (Phi) is 3.79. The van der Waals surface area contributed by atoms with Crippen LogP contribution in [-0.2, 0) is 30.6 Å². The molecule has 0 atom stereocenters. The van der Waals surface area contributed by atoms with E-state index in [0.29, 0.717) is 23.3 Å². The highest BCUT2D eigenvalue weighted by atomic mass is 16.5. The van der Waals surface area contributed by atoms with Gasteiger partial charge >= 0.3 is 0 Å². The minimum absolute atomic E-state index is 0.00135. The van der Waals surface area contributed by atoms with Crippen molar-refractivity contribution in [2.24, 2.45) is 10.8 Å². The number of rotatable bonds is 0. The van der Waals surface area contributed by atoms with E-state index in [4.69, 9.17) is 4.74 Å². The Labute approximate surface area is 178 Å². The zero-order chi connectivity index (χ0) is 21.8. The lowest BCUT2D eigenvalue weighted by atomic mass is 9.57. The van der Waals surface area contributed by atoms with E-state index >= 15 is 0 Å². The molecular weight excluding hydrogens is 388 g/mol. The van der Waals surface area contributed by atoms with Crippen molar-refractivity contribution in [3.05, 3.63) is 75.4 Å². The van der Waals surface area contributed by atoms with Crippen molar-refractivity contribution >= 4 is 11.5 Å². The molecule has 3 aliphatic rings. The molecular formula is C25H14N4O2. The SMILES string of the molecule is N#CC1(C#N)Cc2cc3c(cc2CC1(C#N)C#N)CC1=C(OC3)c2ccccc2C1=O. The molecule has 5 rings (SSSR count). The first-order valence-corrected chi connectivity index (χ1v) is 9.80. The second-order valence-corrected chi connectivity index (χ2v) is 8.15. The van der Waals surface area contributed by atoms with Crippen molar-refractivity contribution in [2.45, 2.75) is 25.9 Å². The van der Waals surface area contributed by atoms with Gasteiger partial charge in [-0.05, 0) is 22.3 Å². The van der Waals surface area contributed by atoms with Gasteiger partial charge in [-0.1, -0.05) is 36.4 Å². The average molecular weight is 402 g/mol. The van der Waals surface area contributed by atoms with Crippen LogP contribution in [0.5, 0.6) is 0 Å². The number of allylic oxidation sites excluding steroid dienone is 1. The first kappa shape index (κ1) is 18.6. The summed E-state index contributed by atoms with van der Waals surface area (Å²) in [5, 5.41) is 39.0. The first-order valence-electron chi connectivity index (χ1n) is 9.80. The van der Waals surface area contributed by atoms with Gasteiger partial charge in [0.05, 0.1) is 24.3 Å². The van der Waals surface area contributed by atoms with E-state index in [-0.39, 0.29) is 25.2 Å². The molecule has 6 nitrogen and oxygen atoms in total. The highest BCUT2D eigenvalue weighted by molar-refractivity contribution is 6.20. The van der Waals surface area contributed by atoms with Crippen molar-refractivity contribution in [3.63, 3.8) is 0 Å². The number of carbonyl (C=O) groups excluding carboxylic acids is 1. The second-order valence-electron chi connectivity index (χ2n) is 8.15. The van der Waals surface area contributed by atoms with Gasteiger partial charge < -0.3 is 4.74 Å². The molecule has 146 valence electrons. The van der Waals surface area contributed by atoms with Crippen LogP contribution in [0.15, 0.2) is 42.0 Å². The standard InChI is InChI=1S/C25H14N4O2/c26-11-24(12-27)8-16-5-15-7-21-22(30)19-3-1-2-4-20(19)23(21)31-10-18(15)6-17(16)9-25(24,13-28)14-29/h1-6H,7-10H2. The van der Waals surface area contributed by atoms with Gasteiger partial charge in [0.25, 0.3) is 0 Å². The second kappa shape index (κ2) is 6.30. The summed E-state index contributed by atoms with van der Waals surface area (Å²) in [6.07, 6.45) is 0.377. The summed E-state index contributed by atoms with van der Waals surface area (Å²) in [5.74, 6) is 0.550. The lowest BCUT2D eigenvalue weighted by molar-refractivity contribution is 0.103. The lowest BCUT2D eigenvalue weighted by Crippen LogP contribution is -2.45. The maximum Gasteiger partial charge on any atom is 0.193 e. The van der Waals surface area contributed by atoms with Gasteiger partial charge in [-0.3, -0.25) is 4.79 Å². The van der Waals surface area contributed by atoms with Crippen LogP contribution < -0.4 is 0 Å². The molecule has 2 aliphatic carbocycles. The van der Waals surface area contributed by atoms with E-state index in [1.54, 1.807) is 6.07 Å². The normalized spacial score (nSPS) is 19.0. The lowest BCUT2D eigenvalue weighted by Gasteiger charge is -2.37. The molecule has 0 bridgehead atoms. The first-order chi connectivity index (χ1) is 15.0. The molecule has 0 saturated carbocycles. The summed E-state index contributed by atoms with van der Waals surface area (Å²) >= 11 is 0. The van der Waals surface area contributed by atoms with Gasteiger partial charge in [0.1, 0.15) is 12.4 Å². The number of benzene rings is 2. The number of carbonyl (C=O) groups is 1. The Balaban J connectivity index is 1.61. The van der Waals surface area contributed by atoms with E-state index in [0.717, 1.165) is 27.8 Å². The largest absolute Gasteiger partial charge is 0.488 e. The number of fused-ring (bicyclic) bond motifs is 4. The zero-order valence-corrected chi connectivity index (χ0v) is 16.4. The topological polar surface area (TPSA) is 121 Å². The van der Waals surface area contributed by atoms with Gasteiger partial charge in [0.2, 0.25) is 0 Å². The maximum absolute atomic E-state index is 12.9. The van der Waals surface area contributed by atoms with Crippen LogP contribution in [0.4, 0.5) is 0 Å². The summed E-state index contributed by atoms with van der Waals surface area (Å²) in [4.78, 5) is 12.9. The Hall–Kier alpha value is -4.39. The van der Waals surface area contributed by atoms with Crippen molar-refractivity contribution in [3.8, 4) is 24.3 Å². The third kappa shape index (κ3) is 2.31. The van der Waals surface area contributed by atoms with E-state index in [9.17, 15) is 25.8 Å². The van der Waals surface area contributed by atoms with Gasteiger partial charge in [-0.2, -0.15) is 21.0 Å². The van der Waals surface area contributed by atoms with E-state index in [2.05, 4.69) is 0 Å². The molecule has 31 heavy (non-hydrogen) atoms. The number of ketones is 1. The molecule has 0 unspecified atom stereocenters. The predicted octanol–water partition coefficient (Wildman–Crippen LogP) is 3.53. The zero-order valence-electron chi connectivity index (χ0n) is 16.4. The van der Waals surface area contributed by atoms with Crippen molar-refractivity contribution in [2.75, 3.05) is 0 Å². The molecule has 0 aromatic heterocycles. The minimum Gasteiger partial charge on any atom is -0.488 e. The van der Waals surface area contributed by atoms with Gasteiger partial charge in [-0.25, -0.2) is 0 Å². The van der Waals surface area contributed by atoms with Crippen LogP contribution in [0.1, 0.15) is 38.2 Å². The number of ether oxygens (including phenoxy) is 1. The summed E-state index contributed by atoms with van der Waals surface area (Å²) in [5.41, 5.74) is 1.85. The number of hydrogen-bond donors (Lipinski definition) is 0. The average Bonchev–Trinajstić information content (AvgIpc) is 2.95. The van der Waals surface area contributed by atoms with E-state index in [1.165, 1.54) is 0 Å². The summed E-state index contributed by atoms with van der Waals surface area (Å²) in [6.45, 7) is 0.261. The van der Waals surface area contributed by atoms with Crippen LogP contribution in [-0.4, -0.2) is 5.78 Å². The molecule has 0 amide bonds. The number of nitrogens with zero attached hydrogens (tertiary/aromatic N) is 4. The Morgan fingerprint density at radius 2 is 1.32 bits per heavy atom. The monoisotopic (exact) mass is 402 g/mol. The van der Waals surface area contributed by atoms with Gasteiger partial charge in [0.15, 0.2) is 16.6 Å². The van der Waals surface area contributed by atoms with Gasteiger partial charge in [0, 0.05) is 36.0 Å². The number of hydrogen-bond acceptors (Lipinski definition) is 6. The van der Waals surface area contributed by atoms with Crippen molar-refractivity contribution in [1.29, 1.82) is 21.0 Å². The smallest absolute Gasteiger partial charge is 0.193 e. The number of Topliss-reactive ketones (excluding diaryl/α,β-unsaturated/α-hetero) is 1. The highest BCUT2D eigenvalue weighted by Crippen LogP contribution is 2.49. The number of nitriles is 4. The van der Waals surface area contributed by atoms with Crippen LogP contribution in [0.3, 0.4) is 0 Å². The fourth-order valence-corrected chi connectivity index (χ4v) is 4.86. The van der Waals surface area contributed by atoms with Crippen LogP contribution >= 0.6 is 0 Å². The molecule has 0 N–H and O–H groups in total. The van der Waals surface area contributed by atoms with Crippen LogP contribution in [0.2, 0.25) is 0 Å². The van der Waals surface area contributed by atoms with E-state index in [1.807, 2.05) is 54.6 Å². The fraction of sp³-hybridized carbons (Fsp3) is 0.240. The molecule has 2 aromatic carbocycles. The molecule has 1 aliphatic heterocycles. The van der Waals surface area contributed by atoms with Crippen molar-refractivity contribution < 1.29 is 9.53 Å². The maximum atomic E-state index is 12.9. The Morgan fingerprint density at radius 3 is 1.90 bits per heavy atom.